The summed E-state index contributed by atoms with van der Waals surface area (Å²) in [6, 6.07) is 5.01. The predicted octanol–water partition coefficient (Wildman–Crippen LogP) is 3.12. The third-order valence-electron chi connectivity index (χ3n) is 3.07. The number of phenolic OH excluding ortho intramolecular Hbond substituents is 1. The Morgan fingerprint density at radius 3 is 3.06 bits per heavy atom. The number of thioether (sulfide) groups is 1. The maximum atomic E-state index is 12.3. The van der Waals surface area contributed by atoms with E-state index in [0.717, 1.165) is 29.7 Å². The van der Waals surface area contributed by atoms with Gasteiger partial charge in [-0.05, 0) is 24.6 Å². The van der Waals surface area contributed by atoms with Crippen LogP contribution >= 0.6 is 27.7 Å². The van der Waals surface area contributed by atoms with Gasteiger partial charge in [-0.2, -0.15) is 11.8 Å². The zero-order chi connectivity index (χ0) is 13.1. The van der Waals surface area contributed by atoms with Crippen LogP contribution in [-0.4, -0.2) is 40.0 Å². The summed E-state index contributed by atoms with van der Waals surface area (Å²) in [6.45, 7) is 3.67. The van der Waals surface area contributed by atoms with E-state index in [-0.39, 0.29) is 11.7 Å². The SMILES string of the molecule is CCC1CN(C(=O)c2ccc(Br)cc2O)CCS1. The van der Waals surface area contributed by atoms with Crippen LogP contribution < -0.4 is 0 Å². The lowest BCUT2D eigenvalue weighted by Gasteiger charge is -2.32. The summed E-state index contributed by atoms with van der Waals surface area (Å²) in [5.41, 5.74) is 0.389. The van der Waals surface area contributed by atoms with Crippen molar-refractivity contribution in [3.05, 3.63) is 28.2 Å². The second kappa shape index (κ2) is 5.97. The largest absolute Gasteiger partial charge is 0.507 e. The molecule has 1 unspecified atom stereocenters. The number of amides is 1. The molecule has 1 atom stereocenters. The van der Waals surface area contributed by atoms with Gasteiger partial charge in [0.25, 0.3) is 5.91 Å². The molecular formula is C13H16BrNO2S. The van der Waals surface area contributed by atoms with Gasteiger partial charge in [0.2, 0.25) is 0 Å². The Balaban J connectivity index is 2.15. The average molecular weight is 330 g/mol. The zero-order valence-corrected chi connectivity index (χ0v) is 12.6. The Hall–Kier alpha value is -0.680. The van der Waals surface area contributed by atoms with Crippen molar-refractivity contribution in [1.82, 2.24) is 4.90 Å². The van der Waals surface area contributed by atoms with Gasteiger partial charge < -0.3 is 10.0 Å². The van der Waals surface area contributed by atoms with Crippen LogP contribution in [0.4, 0.5) is 0 Å². The quantitative estimate of drug-likeness (QED) is 0.906. The molecule has 3 nitrogen and oxygen atoms in total. The van der Waals surface area contributed by atoms with Crippen molar-refractivity contribution < 1.29 is 9.90 Å². The van der Waals surface area contributed by atoms with Crippen molar-refractivity contribution in [2.45, 2.75) is 18.6 Å². The molecule has 0 spiro atoms. The van der Waals surface area contributed by atoms with E-state index in [4.69, 9.17) is 0 Å². The number of nitrogens with zero attached hydrogens (tertiary/aromatic N) is 1. The Labute approximate surface area is 120 Å². The molecular weight excluding hydrogens is 314 g/mol. The topological polar surface area (TPSA) is 40.5 Å². The summed E-state index contributed by atoms with van der Waals surface area (Å²) in [6.07, 6.45) is 1.07. The number of hydrogen-bond acceptors (Lipinski definition) is 3. The molecule has 1 aromatic carbocycles. The first-order chi connectivity index (χ1) is 8.61. The summed E-state index contributed by atoms with van der Waals surface area (Å²) in [5, 5.41) is 10.3. The number of halogens is 1. The molecule has 1 N–H and O–H groups in total. The fourth-order valence-corrected chi connectivity index (χ4v) is 3.54. The first-order valence-electron chi connectivity index (χ1n) is 6.01. The lowest BCUT2D eigenvalue weighted by Crippen LogP contribution is -2.41. The number of phenols is 1. The average Bonchev–Trinajstić information content (AvgIpc) is 2.38. The Kier molecular flexibility index (Phi) is 4.56. The Morgan fingerprint density at radius 2 is 2.39 bits per heavy atom. The van der Waals surface area contributed by atoms with Crippen LogP contribution in [0.1, 0.15) is 23.7 Å². The predicted molar refractivity (Wildman–Crippen MR) is 78.2 cm³/mol. The van der Waals surface area contributed by atoms with Gasteiger partial charge in [-0.15, -0.1) is 0 Å². The maximum Gasteiger partial charge on any atom is 0.257 e. The lowest BCUT2D eigenvalue weighted by molar-refractivity contribution is 0.0758. The molecule has 2 rings (SSSR count). The molecule has 5 heteroatoms. The van der Waals surface area contributed by atoms with E-state index in [1.54, 1.807) is 18.2 Å². The van der Waals surface area contributed by atoms with Gasteiger partial charge in [0.05, 0.1) is 5.56 Å². The Morgan fingerprint density at radius 1 is 1.61 bits per heavy atom. The Bertz CT molecular complexity index is 453. The lowest BCUT2D eigenvalue weighted by atomic mass is 10.1. The highest BCUT2D eigenvalue weighted by atomic mass is 79.9. The molecule has 1 saturated heterocycles. The molecule has 0 radical (unpaired) electrons. The van der Waals surface area contributed by atoms with Crippen molar-refractivity contribution >= 4 is 33.6 Å². The number of rotatable bonds is 2. The van der Waals surface area contributed by atoms with Gasteiger partial charge in [-0.25, -0.2) is 0 Å². The van der Waals surface area contributed by atoms with Crippen LogP contribution in [0.2, 0.25) is 0 Å². The number of carbonyl (C=O) groups is 1. The van der Waals surface area contributed by atoms with E-state index >= 15 is 0 Å². The minimum atomic E-state index is -0.0706. The van der Waals surface area contributed by atoms with E-state index in [1.807, 2.05) is 16.7 Å². The zero-order valence-electron chi connectivity index (χ0n) is 10.2. The maximum absolute atomic E-state index is 12.3. The van der Waals surface area contributed by atoms with Gasteiger partial charge in [0.1, 0.15) is 5.75 Å². The van der Waals surface area contributed by atoms with E-state index in [1.165, 1.54) is 0 Å². The number of benzene rings is 1. The third-order valence-corrected chi connectivity index (χ3v) is 4.94. The van der Waals surface area contributed by atoms with Crippen LogP contribution in [0.25, 0.3) is 0 Å². The van der Waals surface area contributed by atoms with Crippen LogP contribution in [-0.2, 0) is 0 Å². The van der Waals surface area contributed by atoms with Crippen molar-refractivity contribution in [3.8, 4) is 5.75 Å². The van der Waals surface area contributed by atoms with Gasteiger partial charge in [-0.3, -0.25) is 4.79 Å². The summed E-state index contributed by atoms with van der Waals surface area (Å²) < 4.78 is 0.775. The molecule has 1 fully saturated rings. The third kappa shape index (κ3) is 3.01. The highest BCUT2D eigenvalue weighted by Gasteiger charge is 2.25. The van der Waals surface area contributed by atoms with E-state index < -0.39 is 0 Å². The summed E-state index contributed by atoms with van der Waals surface area (Å²) in [7, 11) is 0. The van der Waals surface area contributed by atoms with Crippen LogP contribution in [0, 0.1) is 0 Å². The number of aromatic hydroxyl groups is 1. The number of hydrogen-bond donors (Lipinski definition) is 1. The minimum absolute atomic E-state index is 0.0423. The molecule has 18 heavy (non-hydrogen) atoms. The molecule has 1 aliphatic heterocycles. The van der Waals surface area contributed by atoms with E-state index in [2.05, 4.69) is 22.9 Å². The monoisotopic (exact) mass is 329 g/mol. The van der Waals surface area contributed by atoms with Gasteiger partial charge in [-0.1, -0.05) is 22.9 Å². The van der Waals surface area contributed by atoms with E-state index in [0.29, 0.717) is 10.8 Å². The standard InChI is InChI=1S/C13H16BrNO2S/c1-2-10-8-15(5-6-18-10)13(17)11-4-3-9(14)7-12(11)16/h3-4,7,10,16H,2,5-6,8H2,1H3. The molecule has 1 heterocycles. The normalized spacial score (nSPS) is 19.9. The van der Waals surface area contributed by atoms with Gasteiger partial charge >= 0.3 is 0 Å². The van der Waals surface area contributed by atoms with Crippen LogP contribution in [0.15, 0.2) is 22.7 Å². The van der Waals surface area contributed by atoms with Gasteiger partial charge in [0.15, 0.2) is 0 Å². The summed E-state index contributed by atoms with van der Waals surface area (Å²) in [5.74, 6) is 0.945. The molecule has 0 aromatic heterocycles. The molecule has 0 saturated carbocycles. The molecule has 0 aliphatic carbocycles. The molecule has 1 amide bonds. The highest BCUT2D eigenvalue weighted by molar-refractivity contribution is 9.10. The smallest absolute Gasteiger partial charge is 0.257 e. The molecule has 1 aliphatic rings. The molecule has 98 valence electrons. The molecule has 0 bridgehead atoms. The first-order valence-corrected chi connectivity index (χ1v) is 7.85. The fourth-order valence-electron chi connectivity index (χ4n) is 2.01. The second-order valence-electron chi connectivity index (χ2n) is 4.31. The number of carbonyl (C=O) groups excluding carboxylic acids is 1. The first kappa shape index (κ1) is 13.7. The summed E-state index contributed by atoms with van der Waals surface area (Å²) in [4.78, 5) is 14.2. The van der Waals surface area contributed by atoms with Crippen molar-refractivity contribution in [2.75, 3.05) is 18.8 Å². The second-order valence-corrected chi connectivity index (χ2v) is 6.64. The van der Waals surface area contributed by atoms with Crippen molar-refractivity contribution in [2.24, 2.45) is 0 Å². The van der Waals surface area contributed by atoms with Crippen LogP contribution in [0.3, 0.4) is 0 Å². The van der Waals surface area contributed by atoms with Gasteiger partial charge in [0, 0.05) is 28.6 Å². The highest BCUT2D eigenvalue weighted by Crippen LogP contribution is 2.26. The molecule has 1 aromatic rings. The van der Waals surface area contributed by atoms with Crippen LogP contribution in [0.5, 0.6) is 5.75 Å². The van der Waals surface area contributed by atoms with E-state index in [9.17, 15) is 9.90 Å². The minimum Gasteiger partial charge on any atom is -0.507 e. The summed E-state index contributed by atoms with van der Waals surface area (Å²) >= 11 is 5.20. The fraction of sp³-hybridized carbons (Fsp3) is 0.462. The van der Waals surface area contributed by atoms with Crippen molar-refractivity contribution in [3.63, 3.8) is 0 Å². The van der Waals surface area contributed by atoms with Crippen molar-refractivity contribution in [1.29, 1.82) is 0 Å².